The van der Waals surface area contributed by atoms with Gasteiger partial charge in [-0.05, 0) is 53.9 Å². The smallest absolute Gasteiger partial charge is 0.308 e. The molecule has 0 fully saturated rings. The van der Waals surface area contributed by atoms with Gasteiger partial charge in [0, 0.05) is 31.1 Å². The average molecular weight is 434 g/mol. The summed E-state index contributed by atoms with van der Waals surface area (Å²) in [6.45, 7) is 1.58. The van der Waals surface area contributed by atoms with Crippen LogP contribution in [0.15, 0.2) is 72.8 Å². The van der Waals surface area contributed by atoms with Gasteiger partial charge < -0.3 is 15.4 Å². The van der Waals surface area contributed by atoms with Gasteiger partial charge in [0.15, 0.2) is 0 Å². The molecule has 0 unspecified atom stereocenters. The van der Waals surface area contributed by atoms with E-state index >= 15 is 0 Å². The summed E-state index contributed by atoms with van der Waals surface area (Å²) in [7, 11) is 0. The largest absolute Gasteiger partial charge is 0.427 e. The molecule has 0 saturated carbocycles. The van der Waals surface area contributed by atoms with Gasteiger partial charge in [0.1, 0.15) is 11.6 Å². The van der Waals surface area contributed by atoms with Crippen molar-refractivity contribution in [1.82, 2.24) is 5.32 Å². The molecular formula is C25H23FN2O4. The predicted molar refractivity (Wildman–Crippen MR) is 119 cm³/mol. The molecule has 0 aliphatic heterocycles. The molecule has 164 valence electrons. The van der Waals surface area contributed by atoms with E-state index in [-0.39, 0.29) is 30.6 Å². The fraction of sp³-hybridized carbons (Fsp3) is 0.160. The van der Waals surface area contributed by atoms with Gasteiger partial charge in [0.05, 0.1) is 0 Å². The van der Waals surface area contributed by atoms with Crippen molar-refractivity contribution in [3.63, 3.8) is 0 Å². The summed E-state index contributed by atoms with van der Waals surface area (Å²) in [6, 6.07) is 19.8. The molecule has 0 spiro atoms. The Balaban J connectivity index is 1.48. The lowest BCUT2D eigenvalue weighted by molar-refractivity contribution is -0.131. The Kier molecular flexibility index (Phi) is 7.70. The normalized spacial score (nSPS) is 10.3. The van der Waals surface area contributed by atoms with E-state index in [0.717, 1.165) is 5.56 Å². The van der Waals surface area contributed by atoms with Crippen LogP contribution in [0.5, 0.6) is 5.75 Å². The van der Waals surface area contributed by atoms with Gasteiger partial charge in [-0.15, -0.1) is 0 Å². The van der Waals surface area contributed by atoms with Crippen LogP contribution in [-0.2, 0) is 22.6 Å². The first-order chi connectivity index (χ1) is 15.4. The number of amides is 2. The number of carbonyl (C=O) groups is 3. The van der Waals surface area contributed by atoms with Crippen LogP contribution in [0.25, 0.3) is 0 Å². The monoisotopic (exact) mass is 434 g/mol. The summed E-state index contributed by atoms with van der Waals surface area (Å²) < 4.78 is 18.6. The number of carbonyl (C=O) groups excluding carboxylic acids is 3. The van der Waals surface area contributed by atoms with Gasteiger partial charge in [-0.3, -0.25) is 14.4 Å². The Bertz CT molecular complexity index is 1110. The van der Waals surface area contributed by atoms with Crippen LogP contribution in [0.1, 0.15) is 34.8 Å². The molecule has 0 aliphatic rings. The van der Waals surface area contributed by atoms with Crippen molar-refractivity contribution in [2.45, 2.75) is 26.3 Å². The van der Waals surface area contributed by atoms with E-state index in [1.807, 2.05) is 0 Å². The zero-order chi connectivity index (χ0) is 22.9. The lowest BCUT2D eigenvalue weighted by Crippen LogP contribution is -2.22. The Morgan fingerprint density at radius 3 is 2.41 bits per heavy atom. The first-order valence-electron chi connectivity index (χ1n) is 10.1. The summed E-state index contributed by atoms with van der Waals surface area (Å²) in [5.41, 5.74) is 2.35. The summed E-state index contributed by atoms with van der Waals surface area (Å²) in [6.07, 6.45) is 0.492. The SMILES string of the molecule is CC(=O)Oc1cccc(C(=O)NCc2ccc(NC(=O)CCc3ccccc3F)cc2)c1. The fourth-order valence-corrected chi connectivity index (χ4v) is 3.03. The maximum Gasteiger partial charge on any atom is 0.308 e. The number of halogens is 1. The van der Waals surface area contributed by atoms with Crippen molar-refractivity contribution >= 4 is 23.5 Å². The highest BCUT2D eigenvalue weighted by atomic mass is 19.1. The lowest BCUT2D eigenvalue weighted by Gasteiger charge is -2.09. The second-order valence-corrected chi connectivity index (χ2v) is 7.14. The van der Waals surface area contributed by atoms with Gasteiger partial charge in [-0.2, -0.15) is 0 Å². The Morgan fingerprint density at radius 1 is 0.938 bits per heavy atom. The highest BCUT2D eigenvalue weighted by molar-refractivity contribution is 5.94. The number of hydrogen-bond acceptors (Lipinski definition) is 4. The molecule has 0 radical (unpaired) electrons. The molecule has 6 nitrogen and oxygen atoms in total. The molecule has 2 amide bonds. The molecule has 3 aromatic carbocycles. The van der Waals surface area contributed by atoms with Gasteiger partial charge in [-0.1, -0.05) is 36.4 Å². The number of rotatable bonds is 8. The van der Waals surface area contributed by atoms with Crippen molar-refractivity contribution in [1.29, 1.82) is 0 Å². The molecule has 3 rings (SSSR count). The fourth-order valence-electron chi connectivity index (χ4n) is 3.03. The third-order valence-corrected chi connectivity index (χ3v) is 4.63. The molecular weight excluding hydrogens is 411 g/mol. The molecule has 0 bridgehead atoms. The highest BCUT2D eigenvalue weighted by Gasteiger charge is 2.09. The van der Waals surface area contributed by atoms with E-state index in [1.165, 1.54) is 19.1 Å². The predicted octanol–water partition coefficient (Wildman–Crippen LogP) is 4.25. The van der Waals surface area contributed by atoms with Crippen LogP contribution < -0.4 is 15.4 Å². The summed E-state index contributed by atoms with van der Waals surface area (Å²) in [5.74, 6) is -0.974. The minimum atomic E-state index is -0.457. The zero-order valence-corrected chi connectivity index (χ0v) is 17.6. The molecule has 7 heteroatoms. The van der Waals surface area contributed by atoms with E-state index in [9.17, 15) is 18.8 Å². The third-order valence-electron chi connectivity index (χ3n) is 4.63. The quantitative estimate of drug-likeness (QED) is 0.410. The van der Waals surface area contributed by atoms with Crippen LogP contribution in [0.3, 0.4) is 0 Å². The standard InChI is InChI=1S/C25H23FN2O4/c1-17(29)32-22-7-4-6-20(15-22)25(31)27-16-18-9-12-21(13-10-18)28-24(30)14-11-19-5-2-3-8-23(19)26/h2-10,12-13,15H,11,14,16H2,1H3,(H,27,31)(H,28,30). The maximum absolute atomic E-state index is 13.6. The molecule has 0 aliphatic carbocycles. The van der Waals surface area contributed by atoms with Gasteiger partial charge in [0.2, 0.25) is 5.91 Å². The minimum absolute atomic E-state index is 0.172. The summed E-state index contributed by atoms with van der Waals surface area (Å²) >= 11 is 0. The minimum Gasteiger partial charge on any atom is -0.427 e. The third kappa shape index (κ3) is 6.77. The van der Waals surface area contributed by atoms with E-state index in [2.05, 4.69) is 10.6 Å². The summed E-state index contributed by atoms with van der Waals surface area (Å²) in [5, 5.41) is 5.58. The number of benzene rings is 3. The molecule has 0 saturated heterocycles. The van der Waals surface area contributed by atoms with Gasteiger partial charge in [0.25, 0.3) is 5.91 Å². The topological polar surface area (TPSA) is 84.5 Å². The van der Waals surface area contributed by atoms with Crippen molar-refractivity contribution in [2.24, 2.45) is 0 Å². The number of nitrogens with one attached hydrogen (secondary N) is 2. The summed E-state index contributed by atoms with van der Waals surface area (Å²) in [4.78, 5) is 35.5. The van der Waals surface area contributed by atoms with Crippen LogP contribution in [0.2, 0.25) is 0 Å². The van der Waals surface area contributed by atoms with E-state index in [1.54, 1.807) is 60.7 Å². The van der Waals surface area contributed by atoms with Crippen molar-refractivity contribution in [3.05, 3.63) is 95.3 Å². The zero-order valence-electron chi connectivity index (χ0n) is 17.6. The molecule has 3 aromatic rings. The van der Waals surface area contributed by atoms with Crippen LogP contribution in [0.4, 0.5) is 10.1 Å². The first-order valence-corrected chi connectivity index (χ1v) is 10.1. The Labute approximate surface area is 185 Å². The van der Waals surface area contributed by atoms with E-state index in [0.29, 0.717) is 29.0 Å². The molecule has 32 heavy (non-hydrogen) atoms. The highest BCUT2D eigenvalue weighted by Crippen LogP contribution is 2.15. The Morgan fingerprint density at radius 2 is 1.69 bits per heavy atom. The van der Waals surface area contributed by atoms with E-state index < -0.39 is 5.97 Å². The lowest BCUT2D eigenvalue weighted by atomic mass is 10.1. The van der Waals surface area contributed by atoms with Crippen LogP contribution in [0, 0.1) is 5.82 Å². The number of anilines is 1. The van der Waals surface area contributed by atoms with Crippen molar-refractivity contribution < 1.29 is 23.5 Å². The maximum atomic E-state index is 13.6. The van der Waals surface area contributed by atoms with Crippen molar-refractivity contribution in [2.75, 3.05) is 5.32 Å². The number of esters is 1. The van der Waals surface area contributed by atoms with Crippen LogP contribution >= 0.6 is 0 Å². The number of aryl methyl sites for hydroxylation is 1. The Hall–Kier alpha value is -4.00. The van der Waals surface area contributed by atoms with Crippen molar-refractivity contribution in [3.8, 4) is 5.75 Å². The average Bonchev–Trinajstić information content (AvgIpc) is 2.77. The first kappa shape index (κ1) is 22.7. The molecule has 0 heterocycles. The molecule has 2 N–H and O–H groups in total. The number of ether oxygens (including phenoxy) is 1. The van der Waals surface area contributed by atoms with Gasteiger partial charge in [-0.25, -0.2) is 4.39 Å². The van der Waals surface area contributed by atoms with Crippen LogP contribution in [-0.4, -0.2) is 17.8 Å². The molecule has 0 atom stereocenters. The van der Waals surface area contributed by atoms with E-state index in [4.69, 9.17) is 4.74 Å². The molecule has 0 aromatic heterocycles. The number of hydrogen-bond donors (Lipinski definition) is 2. The second kappa shape index (κ2) is 10.9. The van der Waals surface area contributed by atoms with Gasteiger partial charge >= 0.3 is 5.97 Å². The second-order valence-electron chi connectivity index (χ2n) is 7.14.